The van der Waals surface area contributed by atoms with Gasteiger partial charge < -0.3 is 40.6 Å². The molecule has 2 aliphatic rings. The van der Waals surface area contributed by atoms with E-state index in [4.69, 9.17) is 10.5 Å². The normalized spacial score (nSPS) is 15.9. The molecule has 5 N–H and O–H groups in total. The zero-order valence-electron chi connectivity index (χ0n) is 36.3. The zero-order chi connectivity index (χ0) is 45.3. The number of aromatic amines is 1. The molecule has 4 amide bonds. The molecule has 0 saturated carbocycles. The van der Waals surface area contributed by atoms with Crippen molar-refractivity contribution in [2.75, 3.05) is 41.0 Å². The maximum atomic E-state index is 13.7. The van der Waals surface area contributed by atoms with Crippen molar-refractivity contribution in [2.45, 2.75) is 64.1 Å². The molecule has 0 spiro atoms. The number of methoxy groups -OCH3 is 2. The van der Waals surface area contributed by atoms with Crippen LogP contribution in [0.2, 0.25) is 0 Å². The summed E-state index contributed by atoms with van der Waals surface area (Å²) in [6.45, 7) is 11.3. The van der Waals surface area contributed by atoms with Crippen LogP contribution in [0.15, 0.2) is 110 Å². The number of carbonyl (C=O) groups excluding carboxylic acids is 4. The molecule has 6 rings (SSSR count). The summed E-state index contributed by atoms with van der Waals surface area (Å²) in [5, 5.41) is 5.10. The Labute approximate surface area is 364 Å². The van der Waals surface area contributed by atoms with Gasteiger partial charge in [-0.1, -0.05) is 74.6 Å². The summed E-state index contributed by atoms with van der Waals surface area (Å²) in [4.78, 5) is 69.3. The number of nitrogens with one attached hydrogen (secondary N) is 3. The van der Waals surface area contributed by atoms with Crippen LogP contribution in [-0.2, 0) is 23.9 Å². The van der Waals surface area contributed by atoms with E-state index in [2.05, 4.69) is 74.2 Å². The number of allylic oxidation sites excluding steroid dienone is 1. The lowest BCUT2D eigenvalue weighted by Gasteiger charge is -2.29. The molecule has 15 nitrogen and oxygen atoms in total. The largest absolute Gasteiger partial charge is 0.453 e. The third-order valence-electron chi connectivity index (χ3n) is 9.42. The van der Waals surface area contributed by atoms with Crippen LogP contribution in [0.1, 0.15) is 75.0 Å². The van der Waals surface area contributed by atoms with E-state index in [0.29, 0.717) is 37.3 Å². The zero-order valence-corrected chi connectivity index (χ0v) is 36.3. The van der Waals surface area contributed by atoms with Gasteiger partial charge in [0.25, 0.3) is 5.91 Å². The van der Waals surface area contributed by atoms with Crippen LogP contribution < -0.4 is 16.4 Å². The van der Waals surface area contributed by atoms with Gasteiger partial charge in [0.15, 0.2) is 0 Å². The lowest BCUT2D eigenvalue weighted by atomic mass is 9.97. The highest BCUT2D eigenvalue weighted by Gasteiger charge is 2.37. The summed E-state index contributed by atoms with van der Waals surface area (Å²) < 4.78 is 9.02. The number of pyridine rings is 1. The first-order valence-electron chi connectivity index (χ1n) is 20.4. The smallest absolute Gasteiger partial charge is 0.407 e. The highest BCUT2D eigenvalue weighted by molar-refractivity contribution is 5.94. The van der Waals surface area contributed by atoms with E-state index in [1.165, 1.54) is 19.7 Å². The van der Waals surface area contributed by atoms with Crippen molar-refractivity contribution in [1.29, 1.82) is 0 Å². The van der Waals surface area contributed by atoms with Gasteiger partial charge in [0.1, 0.15) is 17.7 Å². The summed E-state index contributed by atoms with van der Waals surface area (Å²) >= 11 is 0. The lowest BCUT2D eigenvalue weighted by Crippen LogP contribution is -2.49. The van der Waals surface area contributed by atoms with Gasteiger partial charge in [0.2, 0.25) is 12.3 Å². The Bertz CT molecular complexity index is 2140. The molecule has 0 radical (unpaired) electrons. The number of aliphatic imine (C=N–C) groups is 1. The molecule has 2 saturated heterocycles. The fraction of sp³-hybridized carbons (Fsp3) is 0.340. The van der Waals surface area contributed by atoms with Crippen molar-refractivity contribution in [3.63, 3.8) is 0 Å². The van der Waals surface area contributed by atoms with Gasteiger partial charge >= 0.3 is 6.09 Å². The SMILES string of the molecule is C=C.CCC.COC.COC(=O)N[C@@H](C(=O)N1CCCC1C(N)=N/C=C/C#Cc1ccc(-c2cnc([C@@H]3CCCN3C(=O)CNC=O)[nH]2)cc1-c1cccnc1)c1ccccc1. The van der Waals surface area contributed by atoms with Crippen molar-refractivity contribution in [2.24, 2.45) is 10.7 Å². The summed E-state index contributed by atoms with van der Waals surface area (Å²) in [6.07, 6.45) is 12.4. The maximum Gasteiger partial charge on any atom is 0.407 e. The summed E-state index contributed by atoms with van der Waals surface area (Å²) in [5.74, 6) is 6.78. The standard InChI is InChI=1S/C40H41N9O5.C3H8.C2H6O.C2H4/c1-54-40(53)47-36(28-11-3-2-4-12-28)39(52)49-21-8-14-33(49)37(41)44-19-6-5-10-27-16-17-29(22-31(27)30-13-7-18-42-23-30)32-24-45-38(46-32)34-15-9-20-48(34)35(51)25-43-26-50;2*1-3-2;1-2/h2-4,6-7,11-13,16-19,22-24,26,33-34,36H,8-9,14-15,20-21,25H2,1H3,(H2,41,44)(H,43,50)(H,45,46)(H,47,53);3H2,1-2H3;1-2H3;1-2H2/b19-6+;;;/t33?,34-,36+;;;/m0.../s1. The number of rotatable bonds is 11. The molecule has 2 fully saturated rings. The molecule has 0 aliphatic carbocycles. The predicted octanol–water partition coefficient (Wildman–Crippen LogP) is 6.34. The number of alkyl carbamates (subject to hydrolysis) is 1. The van der Waals surface area contributed by atoms with Gasteiger partial charge in [-0.25, -0.2) is 14.8 Å². The molecule has 0 bridgehead atoms. The Balaban J connectivity index is 0.00000119. The summed E-state index contributed by atoms with van der Waals surface area (Å²) in [7, 11) is 4.50. The minimum atomic E-state index is -0.935. The number of amidine groups is 1. The van der Waals surface area contributed by atoms with E-state index in [1.54, 1.807) is 73.0 Å². The highest BCUT2D eigenvalue weighted by Crippen LogP contribution is 2.33. The van der Waals surface area contributed by atoms with Gasteiger partial charge in [0.05, 0.1) is 37.6 Å². The Kier molecular flexibility index (Phi) is 21.4. The van der Waals surface area contributed by atoms with Crippen molar-refractivity contribution in [1.82, 2.24) is 35.4 Å². The molecular weight excluding hydrogens is 787 g/mol. The lowest BCUT2D eigenvalue weighted by molar-refractivity contribution is -0.133. The first-order valence-corrected chi connectivity index (χ1v) is 20.4. The van der Waals surface area contributed by atoms with Crippen molar-refractivity contribution in [3.8, 4) is 34.2 Å². The molecular formula is C47H59N9O6. The van der Waals surface area contributed by atoms with E-state index in [0.717, 1.165) is 47.2 Å². The number of amides is 4. The fourth-order valence-corrected chi connectivity index (χ4v) is 6.79. The number of nitrogens with two attached hydrogens (primary N) is 1. The first-order chi connectivity index (χ1) is 30.2. The average Bonchev–Trinajstić information content (AvgIpc) is 4.11. The molecule has 2 aromatic carbocycles. The predicted molar refractivity (Wildman–Crippen MR) is 242 cm³/mol. The minimum Gasteiger partial charge on any atom is -0.453 e. The molecule has 1 unspecified atom stereocenters. The van der Waals surface area contributed by atoms with Crippen LogP contribution in [-0.4, -0.2) is 102 Å². The topological polar surface area (TPSA) is 197 Å². The second kappa shape index (κ2) is 26.9. The Morgan fingerprint density at radius 3 is 2.39 bits per heavy atom. The molecule has 3 atom stereocenters. The third-order valence-corrected chi connectivity index (χ3v) is 9.42. The number of likely N-dealkylation sites (tertiary alicyclic amines) is 2. The fourth-order valence-electron chi connectivity index (χ4n) is 6.79. The van der Waals surface area contributed by atoms with Crippen LogP contribution in [0, 0.1) is 11.8 Å². The monoisotopic (exact) mass is 845 g/mol. The number of aromatic nitrogens is 3. The van der Waals surface area contributed by atoms with Crippen molar-refractivity contribution in [3.05, 3.63) is 122 Å². The quantitative estimate of drug-likeness (QED) is 0.0438. The van der Waals surface area contributed by atoms with Crippen LogP contribution in [0.25, 0.3) is 22.4 Å². The molecule has 62 heavy (non-hydrogen) atoms. The molecule has 4 aromatic rings. The van der Waals surface area contributed by atoms with Crippen LogP contribution >= 0.6 is 0 Å². The highest BCUT2D eigenvalue weighted by atomic mass is 16.5. The number of hydrogen-bond donors (Lipinski definition) is 4. The van der Waals surface area contributed by atoms with Crippen LogP contribution in [0.3, 0.4) is 0 Å². The van der Waals surface area contributed by atoms with Gasteiger partial charge in [0, 0.05) is 68.7 Å². The number of hydrogen-bond acceptors (Lipinski definition) is 9. The van der Waals surface area contributed by atoms with Crippen molar-refractivity contribution >= 4 is 30.2 Å². The minimum absolute atomic E-state index is 0.0488. The maximum absolute atomic E-state index is 13.7. The number of benzene rings is 2. The van der Waals surface area contributed by atoms with E-state index in [-0.39, 0.29) is 30.2 Å². The van der Waals surface area contributed by atoms with Gasteiger partial charge in [-0.2, -0.15) is 0 Å². The summed E-state index contributed by atoms with van der Waals surface area (Å²) in [6, 6.07) is 17.1. The molecule has 328 valence electrons. The van der Waals surface area contributed by atoms with Gasteiger partial charge in [-0.3, -0.25) is 19.4 Å². The van der Waals surface area contributed by atoms with Gasteiger partial charge in [-0.15, -0.1) is 13.2 Å². The molecule has 2 aromatic heterocycles. The third kappa shape index (κ3) is 14.0. The van der Waals surface area contributed by atoms with E-state index >= 15 is 0 Å². The number of nitrogens with zero attached hydrogens (tertiary/aromatic N) is 5. The number of H-pyrrole nitrogens is 1. The molecule has 15 heteroatoms. The summed E-state index contributed by atoms with van der Waals surface area (Å²) in [5.41, 5.74) is 11.2. The van der Waals surface area contributed by atoms with E-state index in [9.17, 15) is 19.2 Å². The van der Waals surface area contributed by atoms with E-state index < -0.39 is 18.2 Å². The Morgan fingerprint density at radius 1 is 1.00 bits per heavy atom. The number of imidazole rings is 1. The van der Waals surface area contributed by atoms with Crippen molar-refractivity contribution < 1.29 is 28.7 Å². The second-order valence-corrected chi connectivity index (χ2v) is 13.9. The van der Waals surface area contributed by atoms with Gasteiger partial charge in [-0.05, 0) is 55.0 Å². The molecule has 2 aliphatic heterocycles. The Morgan fingerprint density at radius 2 is 1.71 bits per heavy atom. The van der Waals surface area contributed by atoms with Crippen LogP contribution in [0.5, 0.6) is 0 Å². The first kappa shape index (κ1) is 49.3. The molecule has 4 heterocycles. The number of carbonyl (C=O) groups is 4. The number of ether oxygens (including phenoxy) is 2. The Hall–Kier alpha value is -7.05. The van der Waals surface area contributed by atoms with E-state index in [1.807, 2.05) is 36.4 Å². The average molecular weight is 846 g/mol. The van der Waals surface area contributed by atoms with Crippen LogP contribution in [0.4, 0.5) is 4.79 Å². The second-order valence-electron chi connectivity index (χ2n) is 13.9.